The monoisotopic (exact) mass is 550 g/mol. The predicted octanol–water partition coefficient (Wildman–Crippen LogP) is 4.84. The minimum atomic E-state index is -1.16. The molecule has 0 aliphatic heterocycles. The van der Waals surface area contributed by atoms with Gasteiger partial charge in [0.15, 0.2) is 0 Å². The van der Waals surface area contributed by atoms with Crippen LogP contribution in [0.5, 0.6) is 0 Å². The average molecular weight is 551 g/mol. The first-order valence-corrected chi connectivity index (χ1v) is 13.3. The number of carboxylic acid groups (broad SMARTS) is 2. The van der Waals surface area contributed by atoms with Crippen LogP contribution in [-0.4, -0.2) is 46.9 Å². The molecule has 0 radical (unpaired) electrons. The molecule has 0 saturated carbocycles. The summed E-state index contributed by atoms with van der Waals surface area (Å²) in [6, 6.07) is 28.7. The molecule has 2 atom stereocenters. The number of amides is 1. The number of nitrogens with one attached hydrogen (secondary N) is 1. The Morgan fingerprint density at radius 1 is 0.707 bits per heavy atom. The Bertz CT molecular complexity index is 1520. The zero-order valence-electron chi connectivity index (χ0n) is 22.2. The molecular formula is C33H30N2O6. The summed E-state index contributed by atoms with van der Waals surface area (Å²) in [6.07, 6.45) is -0.452. The van der Waals surface area contributed by atoms with Crippen molar-refractivity contribution in [3.8, 4) is 22.3 Å². The number of carbonyl (C=O) groups is 3. The lowest BCUT2D eigenvalue weighted by Crippen LogP contribution is -2.42. The molecule has 4 aromatic rings. The van der Waals surface area contributed by atoms with E-state index in [1.54, 1.807) is 0 Å². The molecule has 41 heavy (non-hydrogen) atoms. The van der Waals surface area contributed by atoms with Crippen LogP contribution in [0.15, 0.2) is 97.1 Å². The highest BCUT2D eigenvalue weighted by molar-refractivity contribution is 5.81. The summed E-state index contributed by atoms with van der Waals surface area (Å²) in [5.74, 6) is -2.32. The van der Waals surface area contributed by atoms with Crippen molar-refractivity contribution in [2.75, 3.05) is 6.61 Å². The van der Waals surface area contributed by atoms with Gasteiger partial charge < -0.3 is 26.0 Å². The van der Waals surface area contributed by atoms with E-state index in [0.29, 0.717) is 0 Å². The van der Waals surface area contributed by atoms with Gasteiger partial charge in [-0.15, -0.1) is 0 Å². The van der Waals surface area contributed by atoms with Crippen molar-refractivity contribution in [1.82, 2.24) is 5.32 Å². The minimum absolute atomic E-state index is 0.0891. The highest BCUT2D eigenvalue weighted by Gasteiger charge is 2.29. The van der Waals surface area contributed by atoms with Gasteiger partial charge in [0.25, 0.3) is 0 Å². The number of aliphatic carboxylic acids is 2. The molecule has 0 heterocycles. The summed E-state index contributed by atoms with van der Waals surface area (Å²) in [4.78, 5) is 35.6. The van der Waals surface area contributed by atoms with E-state index >= 15 is 0 Å². The molecule has 5 rings (SSSR count). The Kier molecular flexibility index (Phi) is 8.12. The minimum Gasteiger partial charge on any atom is -0.480 e. The van der Waals surface area contributed by atoms with Gasteiger partial charge in [-0.2, -0.15) is 0 Å². The van der Waals surface area contributed by atoms with E-state index < -0.39 is 30.1 Å². The third kappa shape index (κ3) is 6.28. The van der Waals surface area contributed by atoms with Crippen molar-refractivity contribution in [2.45, 2.75) is 30.8 Å². The van der Waals surface area contributed by atoms with Gasteiger partial charge in [-0.05, 0) is 50.9 Å². The largest absolute Gasteiger partial charge is 0.480 e. The van der Waals surface area contributed by atoms with Crippen LogP contribution in [0.3, 0.4) is 0 Å². The molecule has 0 spiro atoms. The molecule has 2 unspecified atom stereocenters. The van der Waals surface area contributed by atoms with E-state index in [2.05, 4.69) is 5.32 Å². The topological polar surface area (TPSA) is 139 Å². The standard InChI is InChI=1S/C33H30N2O6/c34-29(31(36)37)17-20-9-13-22(14-10-20)23-15-11-21(12-16-23)18-30(32(38)39)35-33(40)41-19-28-26-7-3-1-5-24(26)25-6-2-4-8-27(25)28/h1-16,28-30H,17-19,34H2,(H,35,40)(H,36,37)(H,38,39). The van der Waals surface area contributed by atoms with Crippen molar-refractivity contribution < 1.29 is 29.3 Å². The maximum Gasteiger partial charge on any atom is 0.407 e. The second kappa shape index (κ2) is 12.1. The van der Waals surface area contributed by atoms with Gasteiger partial charge in [0.05, 0.1) is 0 Å². The molecule has 8 nitrogen and oxygen atoms in total. The van der Waals surface area contributed by atoms with E-state index in [1.165, 1.54) is 0 Å². The van der Waals surface area contributed by atoms with E-state index in [1.807, 2.05) is 97.1 Å². The molecular weight excluding hydrogens is 520 g/mol. The molecule has 0 saturated heterocycles. The molecule has 8 heteroatoms. The van der Waals surface area contributed by atoms with Gasteiger partial charge in [-0.1, -0.05) is 97.1 Å². The fraction of sp³-hybridized carbons (Fsp3) is 0.182. The Morgan fingerprint density at radius 3 is 1.68 bits per heavy atom. The zero-order chi connectivity index (χ0) is 28.9. The van der Waals surface area contributed by atoms with Crippen LogP contribution >= 0.6 is 0 Å². The van der Waals surface area contributed by atoms with E-state index in [0.717, 1.165) is 44.5 Å². The second-order valence-electron chi connectivity index (χ2n) is 10.1. The second-order valence-corrected chi connectivity index (χ2v) is 10.1. The number of alkyl carbamates (subject to hydrolysis) is 1. The molecule has 0 aromatic heterocycles. The van der Waals surface area contributed by atoms with Crippen molar-refractivity contribution in [2.24, 2.45) is 5.73 Å². The fourth-order valence-corrected chi connectivity index (χ4v) is 5.23. The van der Waals surface area contributed by atoms with Gasteiger partial charge in [-0.3, -0.25) is 4.79 Å². The average Bonchev–Trinajstić information content (AvgIpc) is 3.30. The van der Waals surface area contributed by atoms with Gasteiger partial charge in [0.2, 0.25) is 0 Å². The lowest BCUT2D eigenvalue weighted by molar-refractivity contribution is -0.139. The zero-order valence-corrected chi connectivity index (χ0v) is 22.2. The summed E-state index contributed by atoms with van der Waals surface area (Å²) >= 11 is 0. The van der Waals surface area contributed by atoms with Crippen molar-refractivity contribution in [1.29, 1.82) is 0 Å². The Morgan fingerprint density at radius 2 is 1.20 bits per heavy atom. The molecule has 0 fully saturated rings. The third-order valence-electron chi connectivity index (χ3n) is 7.39. The molecule has 1 aliphatic carbocycles. The number of carbonyl (C=O) groups excluding carboxylic acids is 1. The predicted molar refractivity (Wildman–Crippen MR) is 155 cm³/mol. The quantitative estimate of drug-likeness (QED) is 0.222. The molecule has 1 amide bonds. The highest BCUT2D eigenvalue weighted by Crippen LogP contribution is 2.44. The first-order chi connectivity index (χ1) is 19.8. The number of ether oxygens (including phenoxy) is 1. The van der Waals surface area contributed by atoms with Crippen molar-refractivity contribution in [3.05, 3.63) is 119 Å². The van der Waals surface area contributed by atoms with E-state index in [9.17, 15) is 19.5 Å². The van der Waals surface area contributed by atoms with Crippen LogP contribution in [0.1, 0.15) is 28.2 Å². The highest BCUT2D eigenvalue weighted by atomic mass is 16.5. The fourth-order valence-electron chi connectivity index (χ4n) is 5.23. The lowest BCUT2D eigenvalue weighted by atomic mass is 9.98. The number of hydrogen-bond acceptors (Lipinski definition) is 5. The first kappa shape index (κ1) is 27.6. The SMILES string of the molecule is NC(Cc1ccc(-c2ccc(CC(NC(=O)OCC3c4ccccc4-c4ccccc43)C(=O)O)cc2)cc1)C(=O)O. The number of rotatable bonds is 10. The van der Waals surface area contributed by atoms with Gasteiger partial charge in [-0.25, -0.2) is 9.59 Å². The van der Waals surface area contributed by atoms with Gasteiger partial charge in [0, 0.05) is 12.3 Å². The van der Waals surface area contributed by atoms with Crippen LogP contribution in [-0.2, 0) is 27.2 Å². The Balaban J connectivity index is 1.19. The smallest absolute Gasteiger partial charge is 0.407 e. The van der Waals surface area contributed by atoms with Crippen LogP contribution in [0, 0.1) is 0 Å². The third-order valence-corrected chi connectivity index (χ3v) is 7.39. The summed E-state index contributed by atoms with van der Waals surface area (Å²) < 4.78 is 5.53. The number of nitrogens with two attached hydrogens (primary N) is 1. The Labute approximate surface area is 237 Å². The lowest BCUT2D eigenvalue weighted by Gasteiger charge is -2.17. The summed E-state index contributed by atoms with van der Waals surface area (Å²) in [5, 5.41) is 21.3. The molecule has 4 aromatic carbocycles. The summed E-state index contributed by atoms with van der Waals surface area (Å²) in [7, 11) is 0. The van der Waals surface area contributed by atoms with Crippen LogP contribution in [0.4, 0.5) is 4.79 Å². The summed E-state index contributed by atoms with van der Waals surface area (Å²) in [5.41, 5.74) is 13.4. The number of fused-ring (bicyclic) bond motifs is 3. The van der Waals surface area contributed by atoms with Crippen molar-refractivity contribution >= 4 is 18.0 Å². The molecule has 0 bridgehead atoms. The van der Waals surface area contributed by atoms with E-state index in [-0.39, 0.29) is 25.4 Å². The maximum atomic E-state index is 12.7. The van der Waals surface area contributed by atoms with Crippen LogP contribution < -0.4 is 11.1 Å². The Hall–Kier alpha value is -4.95. The molecule has 1 aliphatic rings. The number of benzene rings is 4. The first-order valence-electron chi connectivity index (χ1n) is 13.3. The van der Waals surface area contributed by atoms with Crippen molar-refractivity contribution in [3.63, 3.8) is 0 Å². The van der Waals surface area contributed by atoms with Gasteiger partial charge in [0.1, 0.15) is 18.7 Å². The summed E-state index contributed by atoms with van der Waals surface area (Å²) in [6.45, 7) is 0.0991. The van der Waals surface area contributed by atoms with Gasteiger partial charge >= 0.3 is 18.0 Å². The molecule has 5 N–H and O–H groups in total. The number of hydrogen-bond donors (Lipinski definition) is 4. The van der Waals surface area contributed by atoms with Crippen LogP contribution in [0.2, 0.25) is 0 Å². The number of carboxylic acids is 2. The maximum absolute atomic E-state index is 12.7. The molecule has 208 valence electrons. The van der Waals surface area contributed by atoms with Crippen LogP contribution in [0.25, 0.3) is 22.3 Å². The van der Waals surface area contributed by atoms with E-state index in [4.69, 9.17) is 15.6 Å². The normalized spacial score (nSPS) is 13.5.